The van der Waals surface area contributed by atoms with Crippen LogP contribution in [0.2, 0.25) is 0 Å². The normalized spacial score (nSPS) is 24.5. The van der Waals surface area contributed by atoms with Crippen molar-refractivity contribution in [3.05, 3.63) is 85.5 Å². The Morgan fingerprint density at radius 2 is 1.65 bits per heavy atom. The van der Waals surface area contributed by atoms with Crippen molar-refractivity contribution in [1.82, 2.24) is 9.80 Å². The highest BCUT2D eigenvalue weighted by atomic mass is 16.5. The summed E-state index contributed by atoms with van der Waals surface area (Å²) >= 11 is 0. The van der Waals surface area contributed by atoms with Gasteiger partial charge in [0.2, 0.25) is 11.8 Å². The van der Waals surface area contributed by atoms with E-state index in [1.54, 1.807) is 26.9 Å². The van der Waals surface area contributed by atoms with Crippen molar-refractivity contribution >= 4 is 29.1 Å². The third kappa shape index (κ3) is 6.10. The van der Waals surface area contributed by atoms with Gasteiger partial charge in [-0.15, -0.1) is 13.2 Å². The molecular weight excluding hydrogens is 580 g/mol. The second-order valence-electron chi connectivity index (χ2n) is 12.4. The summed E-state index contributed by atoms with van der Waals surface area (Å²) in [7, 11) is 0. The van der Waals surface area contributed by atoms with E-state index in [9.17, 15) is 19.5 Å². The average Bonchev–Trinajstić information content (AvgIpc) is 3.72. The monoisotopic (exact) mass is 628 g/mol. The molecule has 9 heteroatoms. The average molecular weight is 629 g/mol. The van der Waals surface area contributed by atoms with Gasteiger partial charge in [-0.3, -0.25) is 14.4 Å². The van der Waals surface area contributed by atoms with Gasteiger partial charge in [-0.2, -0.15) is 0 Å². The summed E-state index contributed by atoms with van der Waals surface area (Å²) < 4.78 is 6.72. The molecule has 2 aromatic carbocycles. The van der Waals surface area contributed by atoms with Gasteiger partial charge in [0, 0.05) is 57.3 Å². The Bertz CT molecular complexity index is 1390. The number of nitrogens with zero attached hydrogens (tertiary/aromatic N) is 4. The zero-order valence-corrected chi connectivity index (χ0v) is 27.2. The maximum Gasteiger partial charge on any atom is 0.253 e. The molecule has 246 valence electrons. The van der Waals surface area contributed by atoms with Gasteiger partial charge in [0.25, 0.3) is 5.91 Å². The molecule has 0 aromatic heterocycles. The molecule has 2 unspecified atom stereocenters. The van der Waals surface area contributed by atoms with Crippen LogP contribution < -0.4 is 9.80 Å². The van der Waals surface area contributed by atoms with E-state index in [2.05, 4.69) is 31.9 Å². The lowest BCUT2D eigenvalue weighted by atomic mass is 9.70. The zero-order chi connectivity index (χ0) is 32.8. The van der Waals surface area contributed by atoms with E-state index in [0.717, 1.165) is 24.3 Å². The number of aliphatic hydroxyl groups is 1. The highest BCUT2D eigenvalue weighted by molar-refractivity contribution is 6.05. The first-order valence-electron chi connectivity index (χ1n) is 16.6. The molecule has 3 aliphatic rings. The van der Waals surface area contributed by atoms with Gasteiger partial charge in [0.1, 0.15) is 11.6 Å². The molecule has 3 amide bonds. The summed E-state index contributed by atoms with van der Waals surface area (Å²) in [5.74, 6) is -2.06. The molecule has 1 spiro atoms. The summed E-state index contributed by atoms with van der Waals surface area (Å²) in [6.07, 6.45) is 5.10. The molecule has 1 N–H and O–H groups in total. The fourth-order valence-electron chi connectivity index (χ4n) is 7.78. The van der Waals surface area contributed by atoms with Gasteiger partial charge in [-0.05, 0) is 69.4 Å². The smallest absolute Gasteiger partial charge is 0.253 e. The van der Waals surface area contributed by atoms with E-state index in [4.69, 9.17) is 4.74 Å². The molecule has 2 bridgehead atoms. The zero-order valence-electron chi connectivity index (χ0n) is 27.2. The Morgan fingerprint density at radius 1 is 0.978 bits per heavy atom. The number of aliphatic hydroxyl groups excluding tert-OH is 1. The molecule has 3 fully saturated rings. The van der Waals surface area contributed by atoms with Crippen LogP contribution in [0.5, 0.6) is 0 Å². The molecule has 0 radical (unpaired) electrons. The lowest BCUT2D eigenvalue weighted by Crippen LogP contribution is -2.56. The highest BCUT2D eigenvalue weighted by Crippen LogP contribution is 2.59. The number of carbonyl (C=O) groups is 3. The van der Waals surface area contributed by atoms with E-state index in [1.807, 2.05) is 54.6 Å². The molecule has 3 heterocycles. The number of ether oxygens (including phenoxy) is 1. The minimum atomic E-state index is -1.11. The van der Waals surface area contributed by atoms with Crippen LogP contribution in [0.25, 0.3) is 0 Å². The Hall–Kier alpha value is -3.95. The lowest BCUT2D eigenvalue weighted by Gasteiger charge is -2.37. The van der Waals surface area contributed by atoms with Crippen LogP contribution in [-0.4, -0.2) is 89.7 Å². The Labute approximate surface area is 273 Å². The third-order valence-electron chi connectivity index (χ3n) is 9.87. The Kier molecular flexibility index (Phi) is 10.6. The molecule has 9 nitrogen and oxygen atoms in total. The molecule has 46 heavy (non-hydrogen) atoms. The quantitative estimate of drug-likeness (QED) is 0.219. The SMILES string of the molecule is C=CCN(Cc1ccccc1)C(=O)[C@@H]1[C@@H]2CCC3(O2)C(C(=O)N(CC=C)c2ccc(N(CC)CC)cc2)N(CCCCO)C(=O)[C@H]13. The van der Waals surface area contributed by atoms with Crippen molar-refractivity contribution in [2.45, 2.75) is 63.8 Å². The topological polar surface area (TPSA) is 93.6 Å². The predicted molar refractivity (Wildman–Crippen MR) is 180 cm³/mol. The second-order valence-corrected chi connectivity index (χ2v) is 12.4. The number of hydrogen-bond acceptors (Lipinski definition) is 6. The van der Waals surface area contributed by atoms with Crippen LogP contribution in [-0.2, 0) is 25.7 Å². The van der Waals surface area contributed by atoms with Crippen molar-refractivity contribution < 1.29 is 24.2 Å². The largest absolute Gasteiger partial charge is 0.396 e. The number of rotatable bonds is 16. The van der Waals surface area contributed by atoms with Crippen LogP contribution in [0, 0.1) is 11.8 Å². The number of anilines is 2. The summed E-state index contributed by atoms with van der Waals surface area (Å²) in [4.78, 5) is 50.8. The molecule has 3 saturated heterocycles. The van der Waals surface area contributed by atoms with Crippen molar-refractivity contribution in [2.24, 2.45) is 11.8 Å². The van der Waals surface area contributed by atoms with Crippen molar-refractivity contribution in [2.75, 3.05) is 49.1 Å². The predicted octanol–water partition coefficient (Wildman–Crippen LogP) is 4.41. The maximum absolute atomic E-state index is 14.8. The van der Waals surface area contributed by atoms with Gasteiger partial charge in [0.15, 0.2) is 0 Å². The number of amides is 3. The number of likely N-dealkylation sites (tertiary alicyclic amines) is 1. The van der Waals surface area contributed by atoms with Crippen molar-refractivity contribution in [3.8, 4) is 0 Å². The van der Waals surface area contributed by atoms with Crippen LogP contribution in [0.4, 0.5) is 11.4 Å². The van der Waals surface area contributed by atoms with Crippen LogP contribution in [0.1, 0.15) is 45.1 Å². The minimum Gasteiger partial charge on any atom is -0.396 e. The van der Waals surface area contributed by atoms with E-state index in [1.165, 1.54) is 0 Å². The van der Waals surface area contributed by atoms with E-state index in [-0.39, 0.29) is 30.9 Å². The summed E-state index contributed by atoms with van der Waals surface area (Å²) in [6, 6.07) is 16.8. The number of carbonyl (C=O) groups excluding carboxylic acids is 3. The van der Waals surface area contributed by atoms with Crippen molar-refractivity contribution in [1.29, 1.82) is 0 Å². The molecule has 3 aliphatic heterocycles. The first-order valence-corrected chi connectivity index (χ1v) is 16.6. The second kappa shape index (κ2) is 14.6. The van der Waals surface area contributed by atoms with E-state index >= 15 is 0 Å². The maximum atomic E-state index is 14.8. The summed E-state index contributed by atoms with van der Waals surface area (Å²) in [6.45, 7) is 15.0. The molecule has 2 aromatic rings. The first-order chi connectivity index (χ1) is 22.3. The lowest BCUT2D eigenvalue weighted by molar-refractivity contribution is -0.145. The van der Waals surface area contributed by atoms with E-state index in [0.29, 0.717) is 51.0 Å². The number of fused-ring (bicyclic) bond motifs is 1. The minimum absolute atomic E-state index is 0.00756. The van der Waals surface area contributed by atoms with Crippen LogP contribution in [0.15, 0.2) is 79.9 Å². The standard InChI is InChI=1S/C37H48N4O5/c1-5-22-39(26-27-14-10-9-11-15-27)34(43)31-30-20-21-37(46-30)32(31)35(44)41(24-12-13-25-42)33(37)36(45)40(23-6-2)29-18-16-28(17-19-29)38(7-3)8-4/h5-6,9-11,14-19,30-33,42H,1-2,7-8,12-13,20-26H2,3-4H3/t30-,31+,32-,33?,37?/m0/s1. The van der Waals surface area contributed by atoms with Gasteiger partial charge in [-0.1, -0.05) is 42.5 Å². The molecule has 0 aliphatic carbocycles. The third-order valence-corrected chi connectivity index (χ3v) is 9.87. The Balaban J connectivity index is 1.49. The van der Waals surface area contributed by atoms with Crippen LogP contribution in [0.3, 0.4) is 0 Å². The molecule has 5 rings (SSSR count). The fourth-order valence-corrected chi connectivity index (χ4v) is 7.78. The number of benzene rings is 2. The molecular formula is C37H48N4O5. The number of unbranched alkanes of at least 4 members (excludes halogenated alkanes) is 1. The van der Waals surface area contributed by atoms with E-state index < -0.39 is 29.6 Å². The fraction of sp³-hybridized carbons (Fsp3) is 0.486. The van der Waals surface area contributed by atoms with Crippen LogP contribution >= 0.6 is 0 Å². The molecule has 5 atom stereocenters. The van der Waals surface area contributed by atoms with Crippen molar-refractivity contribution in [3.63, 3.8) is 0 Å². The van der Waals surface area contributed by atoms with Gasteiger partial charge in [0.05, 0.1) is 17.9 Å². The summed E-state index contributed by atoms with van der Waals surface area (Å²) in [5.41, 5.74) is 1.66. The number of hydrogen-bond donors (Lipinski definition) is 1. The Morgan fingerprint density at radius 3 is 2.28 bits per heavy atom. The van der Waals surface area contributed by atoms with Gasteiger partial charge < -0.3 is 29.4 Å². The van der Waals surface area contributed by atoms with Gasteiger partial charge >= 0.3 is 0 Å². The summed E-state index contributed by atoms with van der Waals surface area (Å²) in [5, 5.41) is 9.52. The first kappa shape index (κ1) is 33.4. The highest BCUT2D eigenvalue weighted by Gasteiger charge is 2.74. The molecule has 0 saturated carbocycles. The van der Waals surface area contributed by atoms with Gasteiger partial charge in [-0.25, -0.2) is 0 Å².